The van der Waals surface area contributed by atoms with Gasteiger partial charge in [-0.25, -0.2) is 0 Å². The fraction of sp³-hybridized carbons (Fsp3) is 0.533. The van der Waals surface area contributed by atoms with Crippen molar-refractivity contribution in [3.05, 3.63) is 35.9 Å². The smallest absolute Gasteiger partial charge is 0.162 e. The molecule has 3 nitrogen and oxygen atoms in total. The van der Waals surface area contributed by atoms with Gasteiger partial charge in [0, 0.05) is 31.7 Å². The predicted octanol–water partition coefficient (Wildman–Crippen LogP) is 2.37. The monoisotopic (exact) mass is 247 g/mol. The van der Waals surface area contributed by atoms with E-state index in [0.29, 0.717) is 6.42 Å². The van der Waals surface area contributed by atoms with E-state index in [-0.39, 0.29) is 5.78 Å². The molecule has 1 saturated heterocycles. The number of Topliss-reactive ketones (excluding diaryl/α,β-unsaturated/α-hetero) is 1. The molecule has 0 N–H and O–H groups in total. The highest BCUT2D eigenvalue weighted by Gasteiger charge is 2.10. The summed E-state index contributed by atoms with van der Waals surface area (Å²) in [5.41, 5.74) is 0.830. The number of hydrogen-bond donors (Lipinski definition) is 0. The molecular weight excluding hydrogens is 226 g/mol. The van der Waals surface area contributed by atoms with E-state index >= 15 is 0 Å². The summed E-state index contributed by atoms with van der Waals surface area (Å²) in [5, 5.41) is 0. The third kappa shape index (κ3) is 4.24. The molecule has 98 valence electrons. The Morgan fingerprint density at radius 2 is 2.00 bits per heavy atom. The number of ketones is 1. The molecule has 18 heavy (non-hydrogen) atoms. The third-order valence-corrected chi connectivity index (χ3v) is 3.29. The molecule has 2 rings (SSSR count). The molecule has 0 saturated carbocycles. The largest absolute Gasteiger partial charge is 0.380 e. The van der Waals surface area contributed by atoms with Gasteiger partial charge in [0.1, 0.15) is 0 Å². The molecule has 0 aliphatic carbocycles. The van der Waals surface area contributed by atoms with Crippen molar-refractivity contribution < 1.29 is 9.53 Å². The lowest BCUT2D eigenvalue weighted by Gasteiger charge is -2.18. The molecule has 1 fully saturated rings. The van der Waals surface area contributed by atoms with Crippen molar-refractivity contribution in [2.75, 3.05) is 32.8 Å². The topological polar surface area (TPSA) is 29.5 Å². The second-order valence-electron chi connectivity index (χ2n) is 4.70. The first-order chi connectivity index (χ1) is 8.86. The van der Waals surface area contributed by atoms with Crippen molar-refractivity contribution in [2.45, 2.75) is 19.3 Å². The van der Waals surface area contributed by atoms with Crippen LogP contribution in [0.4, 0.5) is 0 Å². The van der Waals surface area contributed by atoms with Crippen molar-refractivity contribution >= 4 is 5.78 Å². The van der Waals surface area contributed by atoms with Crippen LogP contribution in [0.2, 0.25) is 0 Å². The van der Waals surface area contributed by atoms with Crippen molar-refractivity contribution in [3.8, 4) is 0 Å². The van der Waals surface area contributed by atoms with Crippen LogP contribution in [0.1, 0.15) is 29.6 Å². The minimum atomic E-state index is 0.252. The van der Waals surface area contributed by atoms with Crippen molar-refractivity contribution in [1.29, 1.82) is 0 Å². The average molecular weight is 247 g/mol. The maximum absolute atomic E-state index is 11.9. The molecule has 1 aromatic carbocycles. The molecule has 1 aliphatic heterocycles. The van der Waals surface area contributed by atoms with E-state index in [1.807, 2.05) is 30.3 Å². The Morgan fingerprint density at radius 3 is 2.83 bits per heavy atom. The lowest BCUT2D eigenvalue weighted by molar-refractivity contribution is 0.0974. The van der Waals surface area contributed by atoms with Gasteiger partial charge in [0.25, 0.3) is 0 Å². The lowest BCUT2D eigenvalue weighted by Crippen LogP contribution is -2.27. The van der Waals surface area contributed by atoms with Crippen LogP contribution in [0, 0.1) is 0 Å². The second kappa shape index (κ2) is 7.29. The van der Waals surface area contributed by atoms with Crippen LogP contribution in [0.3, 0.4) is 0 Å². The minimum Gasteiger partial charge on any atom is -0.380 e. The number of hydrogen-bond acceptors (Lipinski definition) is 3. The summed E-state index contributed by atoms with van der Waals surface area (Å²) in [6, 6.07) is 9.55. The molecule has 1 aliphatic rings. The predicted molar refractivity (Wildman–Crippen MR) is 71.9 cm³/mol. The van der Waals surface area contributed by atoms with E-state index in [1.54, 1.807) is 0 Å². The first-order valence-electron chi connectivity index (χ1n) is 6.74. The van der Waals surface area contributed by atoms with Crippen LogP contribution in [-0.2, 0) is 4.74 Å². The summed E-state index contributed by atoms with van der Waals surface area (Å²) in [5.74, 6) is 0.252. The van der Waals surface area contributed by atoms with E-state index in [4.69, 9.17) is 4.74 Å². The molecule has 1 aromatic rings. The zero-order chi connectivity index (χ0) is 12.6. The minimum absolute atomic E-state index is 0.252. The highest BCUT2D eigenvalue weighted by Crippen LogP contribution is 2.07. The molecule has 0 radical (unpaired) electrons. The molecule has 0 unspecified atom stereocenters. The Morgan fingerprint density at radius 1 is 1.17 bits per heavy atom. The van der Waals surface area contributed by atoms with Crippen LogP contribution < -0.4 is 0 Å². The second-order valence-corrected chi connectivity index (χ2v) is 4.70. The number of rotatable bonds is 5. The molecular formula is C15H21NO2. The van der Waals surface area contributed by atoms with Gasteiger partial charge in [-0.2, -0.15) is 0 Å². The molecule has 0 atom stereocenters. The fourth-order valence-corrected chi connectivity index (χ4v) is 2.25. The summed E-state index contributed by atoms with van der Waals surface area (Å²) < 4.78 is 5.41. The highest BCUT2D eigenvalue weighted by atomic mass is 16.5. The Kier molecular flexibility index (Phi) is 5.36. The highest BCUT2D eigenvalue weighted by molar-refractivity contribution is 5.95. The number of ether oxygens (including phenoxy) is 1. The number of benzene rings is 1. The Labute approximate surface area is 109 Å². The van der Waals surface area contributed by atoms with E-state index in [0.717, 1.165) is 51.3 Å². The van der Waals surface area contributed by atoms with Crippen molar-refractivity contribution in [2.24, 2.45) is 0 Å². The van der Waals surface area contributed by atoms with Crippen LogP contribution in [0.15, 0.2) is 30.3 Å². The van der Waals surface area contributed by atoms with Crippen molar-refractivity contribution in [1.82, 2.24) is 4.90 Å². The quantitative estimate of drug-likeness (QED) is 0.748. The standard InChI is InChI=1S/C15H21NO2/c17-15(14-6-2-1-3-7-14)8-4-9-16-10-5-12-18-13-11-16/h1-3,6-7H,4-5,8-13H2. The average Bonchev–Trinajstić information content (AvgIpc) is 2.68. The Bertz CT molecular complexity index is 356. The third-order valence-electron chi connectivity index (χ3n) is 3.29. The van der Waals surface area contributed by atoms with Gasteiger partial charge in [0.15, 0.2) is 5.78 Å². The van der Waals surface area contributed by atoms with E-state index < -0.39 is 0 Å². The summed E-state index contributed by atoms with van der Waals surface area (Å²) in [6.45, 7) is 4.80. The van der Waals surface area contributed by atoms with Gasteiger partial charge in [-0.1, -0.05) is 30.3 Å². The molecule has 3 heteroatoms. The van der Waals surface area contributed by atoms with E-state index in [1.165, 1.54) is 0 Å². The first kappa shape index (κ1) is 13.2. The summed E-state index contributed by atoms with van der Waals surface area (Å²) in [4.78, 5) is 14.3. The maximum atomic E-state index is 11.9. The first-order valence-corrected chi connectivity index (χ1v) is 6.74. The molecule has 0 spiro atoms. The summed E-state index contributed by atoms with van der Waals surface area (Å²) >= 11 is 0. The molecule has 0 amide bonds. The van der Waals surface area contributed by atoms with Crippen molar-refractivity contribution in [3.63, 3.8) is 0 Å². The molecule has 0 bridgehead atoms. The van der Waals surface area contributed by atoms with E-state index in [9.17, 15) is 4.79 Å². The van der Waals surface area contributed by atoms with Gasteiger partial charge in [0.05, 0.1) is 6.61 Å². The van der Waals surface area contributed by atoms with Gasteiger partial charge >= 0.3 is 0 Å². The summed E-state index contributed by atoms with van der Waals surface area (Å²) in [6.07, 6.45) is 2.68. The Balaban J connectivity index is 1.70. The number of nitrogens with zero attached hydrogens (tertiary/aromatic N) is 1. The Hall–Kier alpha value is -1.19. The molecule has 1 heterocycles. The summed E-state index contributed by atoms with van der Waals surface area (Å²) in [7, 11) is 0. The normalized spacial score (nSPS) is 17.3. The number of carbonyl (C=O) groups excluding carboxylic acids is 1. The van der Waals surface area contributed by atoms with Gasteiger partial charge in [0.2, 0.25) is 0 Å². The lowest BCUT2D eigenvalue weighted by atomic mass is 10.1. The SMILES string of the molecule is O=C(CCCN1CCCOCC1)c1ccccc1. The van der Waals surface area contributed by atoms with Crippen LogP contribution in [0.25, 0.3) is 0 Å². The van der Waals surface area contributed by atoms with Crippen LogP contribution in [-0.4, -0.2) is 43.5 Å². The van der Waals surface area contributed by atoms with Crippen LogP contribution >= 0.6 is 0 Å². The number of carbonyl (C=O) groups is 1. The van der Waals surface area contributed by atoms with Gasteiger partial charge in [-0.3, -0.25) is 4.79 Å². The zero-order valence-electron chi connectivity index (χ0n) is 10.8. The fourth-order valence-electron chi connectivity index (χ4n) is 2.25. The maximum Gasteiger partial charge on any atom is 0.162 e. The zero-order valence-corrected chi connectivity index (χ0v) is 10.8. The van der Waals surface area contributed by atoms with Gasteiger partial charge in [-0.15, -0.1) is 0 Å². The van der Waals surface area contributed by atoms with Gasteiger partial charge < -0.3 is 9.64 Å². The van der Waals surface area contributed by atoms with Gasteiger partial charge in [-0.05, 0) is 19.4 Å². The molecule has 0 aromatic heterocycles. The van der Waals surface area contributed by atoms with Crippen LogP contribution in [0.5, 0.6) is 0 Å². The van der Waals surface area contributed by atoms with E-state index in [2.05, 4.69) is 4.90 Å².